The molecule has 1 aromatic carbocycles. The number of hydrogen-bond acceptors (Lipinski definition) is 3. The molecule has 0 spiro atoms. The molecule has 1 aliphatic heterocycles. The molecule has 1 saturated heterocycles. The summed E-state index contributed by atoms with van der Waals surface area (Å²) < 4.78 is 1.91. The highest BCUT2D eigenvalue weighted by Gasteiger charge is 2.53. The summed E-state index contributed by atoms with van der Waals surface area (Å²) >= 11 is 0. The molecule has 1 N–H and O–H groups in total. The lowest BCUT2D eigenvalue weighted by Gasteiger charge is -2.47. The van der Waals surface area contributed by atoms with E-state index in [4.69, 9.17) is 0 Å². The number of hydrogen-bond donors (Lipinski definition) is 1. The third-order valence-corrected chi connectivity index (χ3v) is 4.83. The monoisotopic (exact) mass is 285 g/mol. The van der Waals surface area contributed by atoms with Gasteiger partial charge in [-0.05, 0) is 37.8 Å². The number of amides is 1. The Bertz CT molecular complexity index is 698. The van der Waals surface area contributed by atoms with Crippen LogP contribution in [-0.4, -0.2) is 44.2 Å². The molecule has 1 amide bonds. The number of fused-ring (bicyclic) bond motifs is 1. The molecular weight excluding hydrogens is 266 g/mol. The van der Waals surface area contributed by atoms with Gasteiger partial charge >= 0.3 is 0 Å². The first-order chi connectivity index (χ1) is 10.1. The third-order valence-electron chi connectivity index (χ3n) is 4.83. The fourth-order valence-electron chi connectivity index (χ4n) is 3.32. The van der Waals surface area contributed by atoms with E-state index in [-0.39, 0.29) is 11.9 Å². The molecular formula is C16H19N3O2. The van der Waals surface area contributed by atoms with E-state index in [2.05, 4.69) is 4.98 Å². The van der Waals surface area contributed by atoms with Crippen molar-refractivity contribution in [2.75, 3.05) is 13.1 Å². The Morgan fingerprint density at radius 2 is 2.10 bits per heavy atom. The molecule has 5 nitrogen and oxygen atoms in total. The zero-order valence-corrected chi connectivity index (χ0v) is 12.1. The van der Waals surface area contributed by atoms with E-state index in [9.17, 15) is 9.90 Å². The van der Waals surface area contributed by atoms with Crippen molar-refractivity contribution in [1.82, 2.24) is 14.5 Å². The zero-order chi connectivity index (χ0) is 14.6. The second-order valence-corrected chi connectivity index (χ2v) is 6.39. The molecule has 2 aliphatic rings. The summed E-state index contributed by atoms with van der Waals surface area (Å²) in [7, 11) is 0. The summed E-state index contributed by atoms with van der Waals surface area (Å²) in [6, 6.07) is 7.52. The van der Waals surface area contributed by atoms with Crippen molar-refractivity contribution in [2.24, 2.45) is 5.92 Å². The number of carbonyl (C=O) groups excluding carboxylic acids is 1. The first-order valence-electron chi connectivity index (χ1n) is 7.51. The summed E-state index contributed by atoms with van der Waals surface area (Å²) in [5, 5.41) is 10.3. The minimum Gasteiger partial charge on any atom is -0.386 e. The Kier molecular flexibility index (Phi) is 2.63. The van der Waals surface area contributed by atoms with Crippen LogP contribution in [0.2, 0.25) is 0 Å². The Morgan fingerprint density at radius 1 is 1.38 bits per heavy atom. The Hall–Kier alpha value is -1.88. The van der Waals surface area contributed by atoms with E-state index in [0.29, 0.717) is 19.0 Å². The number of nitrogens with zero attached hydrogens (tertiary/aromatic N) is 3. The van der Waals surface area contributed by atoms with E-state index in [1.54, 1.807) is 11.2 Å². The molecule has 0 bridgehead atoms. The van der Waals surface area contributed by atoms with Crippen LogP contribution >= 0.6 is 0 Å². The van der Waals surface area contributed by atoms with E-state index < -0.39 is 5.60 Å². The number of aromatic nitrogens is 2. The lowest BCUT2D eigenvalue weighted by molar-refractivity contribution is -0.162. The average Bonchev–Trinajstić information content (AvgIpc) is 3.22. The second kappa shape index (κ2) is 4.31. The molecule has 2 aromatic rings. The fraction of sp³-hybridized carbons (Fsp3) is 0.500. The normalized spacial score (nSPS) is 22.1. The van der Waals surface area contributed by atoms with E-state index >= 15 is 0 Å². The zero-order valence-electron chi connectivity index (χ0n) is 12.1. The number of β-amino-alcohol motifs (C(OH)–C–C–N with tert-alkyl or cyclic N) is 1. The van der Waals surface area contributed by atoms with Crippen LogP contribution in [0.5, 0.6) is 0 Å². The van der Waals surface area contributed by atoms with E-state index in [1.807, 2.05) is 35.8 Å². The predicted molar refractivity (Wildman–Crippen MR) is 78.7 cm³/mol. The number of para-hydroxylation sites is 2. The van der Waals surface area contributed by atoms with Crippen LogP contribution in [-0.2, 0) is 4.79 Å². The van der Waals surface area contributed by atoms with Gasteiger partial charge in [0.2, 0.25) is 5.91 Å². The van der Waals surface area contributed by atoms with Gasteiger partial charge in [0, 0.05) is 0 Å². The fourth-order valence-corrected chi connectivity index (χ4v) is 3.32. The summed E-state index contributed by atoms with van der Waals surface area (Å²) in [4.78, 5) is 18.7. The number of likely N-dealkylation sites (tertiary alicyclic amines) is 1. The molecule has 0 radical (unpaired) electrons. The largest absolute Gasteiger partial charge is 0.386 e. The van der Waals surface area contributed by atoms with Crippen molar-refractivity contribution in [3.8, 4) is 0 Å². The number of rotatable bonds is 3. The molecule has 1 atom stereocenters. The minimum atomic E-state index is -0.619. The molecule has 1 aromatic heterocycles. The van der Waals surface area contributed by atoms with Crippen LogP contribution in [0.1, 0.15) is 25.8 Å². The maximum atomic E-state index is 12.6. The van der Waals surface area contributed by atoms with Crippen molar-refractivity contribution in [1.29, 1.82) is 0 Å². The molecule has 1 aliphatic carbocycles. The van der Waals surface area contributed by atoms with Gasteiger partial charge in [0.05, 0.1) is 30.5 Å². The molecule has 2 heterocycles. The van der Waals surface area contributed by atoms with Crippen LogP contribution in [0.4, 0.5) is 0 Å². The van der Waals surface area contributed by atoms with Crippen molar-refractivity contribution in [3.05, 3.63) is 30.6 Å². The first-order valence-corrected chi connectivity index (χ1v) is 7.51. The van der Waals surface area contributed by atoms with Gasteiger partial charge in [-0.25, -0.2) is 4.98 Å². The summed E-state index contributed by atoms with van der Waals surface area (Å²) in [5.41, 5.74) is 1.25. The average molecular weight is 285 g/mol. The van der Waals surface area contributed by atoms with Gasteiger partial charge in [0.25, 0.3) is 0 Å². The number of carbonyl (C=O) groups is 1. The lowest BCUT2D eigenvalue weighted by atomic mass is 9.88. The van der Waals surface area contributed by atoms with Crippen LogP contribution in [0.3, 0.4) is 0 Å². The van der Waals surface area contributed by atoms with Crippen molar-refractivity contribution in [3.63, 3.8) is 0 Å². The van der Waals surface area contributed by atoms with Gasteiger partial charge in [0.1, 0.15) is 11.6 Å². The SMILES string of the molecule is CC(C(=O)N1CC(O)(C2CC2)C1)n1cnc2ccccc21. The molecule has 5 heteroatoms. The van der Waals surface area contributed by atoms with Gasteiger partial charge in [-0.1, -0.05) is 12.1 Å². The van der Waals surface area contributed by atoms with Gasteiger partial charge < -0.3 is 14.6 Å². The van der Waals surface area contributed by atoms with Crippen molar-refractivity contribution >= 4 is 16.9 Å². The third kappa shape index (κ3) is 1.95. The highest BCUT2D eigenvalue weighted by atomic mass is 16.3. The second-order valence-electron chi connectivity index (χ2n) is 6.39. The van der Waals surface area contributed by atoms with Gasteiger partial charge in [-0.2, -0.15) is 0 Å². The van der Waals surface area contributed by atoms with Crippen molar-refractivity contribution in [2.45, 2.75) is 31.4 Å². The molecule has 21 heavy (non-hydrogen) atoms. The van der Waals surface area contributed by atoms with Crippen LogP contribution in [0.25, 0.3) is 11.0 Å². The smallest absolute Gasteiger partial charge is 0.245 e. The lowest BCUT2D eigenvalue weighted by Crippen LogP contribution is -2.65. The Labute approximate surface area is 123 Å². The highest BCUT2D eigenvalue weighted by Crippen LogP contribution is 2.44. The number of benzene rings is 1. The van der Waals surface area contributed by atoms with Crippen molar-refractivity contribution < 1.29 is 9.90 Å². The first kappa shape index (κ1) is 12.8. The van der Waals surface area contributed by atoms with Crippen LogP contribution < -0.4 is 0 Å². The Morgan fingerprint density at radius 3 is 2.81 bits per heavy atom. The molecule has 110 valence electrons. The number of imidazole rings is 1. The Balaban J connectivity index is 1.52. The van der Waals surface area contributed by atoms with Gasteiger partial charge in [0.15, 0.2) is 0 Å². The standard InChI is InChI=1S/C16H19N3O2/c1-11(19-10-17-13-4-2-3-5-14(13)19)15(20)18-8-16(21,9-18)12-6-7-12/h2-5,10-12,21H,6-9H2,1H3. The molecule has 4 rings (SSSR count). The van der Waals surface area contributed by atoms with Gasteiger partial charge in [-0.3, -0.25) is 4.79 Å². The number of aliphatic hydroxyl groups is 1. The van der Waals surface area contributed by atoms with E-state index in [0.717, 1.165) is 23.9 Å². The molecule has 1 saturated carbocycles. The van der Waals surface area contributed by atoms with Crippen LogP contribution in [0.15, 0.2) is 30.6 Å². The summed E-state index contributed by atoms with van der Waals surface area (Å²) in [5.74, 6) is 0.467. The molecule has 2 fully saturated rings. The van der Waals surface area contributed by atoms with Crippen LogP contribution in [0, 0.1) is 5.92 Å². The highest BCUT2D eigenvalue weighted by molar-refractivity contribution is 5.84. The quantitative estimate of drug-likeness (QED) is 0.931. The summed E-state index contributed by atoms with van der Waals surface area (Å²) in [6.07, 6.45) is 3.92. The maximum absolute atomic E-state index is 12.6. The maximum Gasteiger partial charge on any atom is 0.245 e. The molecule has 1 unspecified atom stereocenters. The summed E-state index contributed by atoms with van der Waals surface area (Å²) in [6.45, 7) is 2.85. The predicted octanol–water partition coefficient (Wildman–Crippen LogP) is 1.58. The minimum absolute atomic E-state index is 0.0588. The van der Waals surface area contributed by atoms with Gasteiger partial charge in [-0.15, -0.1) is 0 Å². The topological polar surface area (TPSA) is 58.4 Å². The van der Waals surface area contributed by atoms with E-state index in [1.165, 1.54) is 0 Å².